The molecule has 0 unspecified atom stereocenters. The Kier molecular flexibility index (Phi) is 20.8. The van der Waals surface area contributed by atoms with Gasteiger partial charge in [0.15, 0.2) is 0 Å². The van der Waals surface area contributed by atoms with Crippen LogP contribution in [0.4, 0.5) is 0 Å². The van der Waals surface area contributed by atoms with Gasteiger partial charge >= 0.3 is 0 Å². The molecular formula is C65H114. The Morgan fingerprint density at radius 1 is 0.0923 bits per heavy atom. The number of fused-ring (bicyclic) bond motifs is 8. The first-order valence-electron chi connectivity index (χ1n) is 32.2. The lowest BCUT2D eigenvalue weighted by Gasteiger charge is -2.40. The molecule has 65 heavy (non-hydrogen) atoms. The van der Waals surface area contributed by atoms with Crippen LogP contribution in [0.25, 0.3) is 0 Å². The van der Waals surface area contributed by atoms with Crippen molar-refractivity contribution in [2.45, 2.75) is 315 Å². The molecule has 0 nitrogen and oxygen atoms in total. The third-order valence-electron chi connectivity index (χ3n) is 23.5. The van der Waals surface area contributed by atoms with Crippen LogP contribution in [0.5, 0.6) is 0 Å². The zero-order chi connectivity index (χ0) is 43.9. The molecule has 374 valence electrons. The molecule has 0 aromatic heterocycles. The number of hydrogen-bond acceptors (Lipinski definition) is 0. The van der Waals surface area contributed by atoms with Crippen molar-refractivity contribution in [2.75, 3.05) is 0 Å². The van der Waals surface area contributed by atoms with Crippen molar-refractivity contribution in [3.63, 3.8) is 0 Å². The van der Waals surface area contributed by atoms with Crippen LogP contribution in [0, 0.1) is 94.7 Å². The van der Waals surface area contributed by atoms with Crippen molar-refractivity contribution < 1.29 is 0 Å². The molecular weight excluding hydrogens is 781 g/mol. The SMILES string of the molecule is C1CC2CCCC2C1.C1CCC2CCCCC2C1.C1CCC2CCCCC2C1.C1CC[C@H]2CCC[C@H]2C1.C1CC[C@H]2CC[C@H]2C1.C1CC[C@H]2C[C@H]2C1.C1C[C@@H]2CC[C@@H]2C1.C1C[C@@H]2C[C@@H]2C1. The predicted octanol–water partition coefficient (Wildman–Crippen LogP) is 21.1. The van der Waals surface area contributed by atoms with E-state index >= 15 is 0 Å². The molecule has 16 aliphatic rings. The molecule has 0 aliphatic heterocycles. The van der Waals surface area contributed by atoms with Gasteiger partial charge in [0.25, 0.3) is 0 Å². The minimum absolute atomic E-state index is 1.16. The van der Waals surface area contributed by atoms with Gasteiger partial charge in [-0.15, -0.1) is 0 Å². The zero-order valence-corrected chi connectivity index (χ0v) is 43.9. The van der Waals surface area contributed by atoms with E-state index in [-0.39, 0.29) is 0 Å². The Bertz CT molecular complexity index is 1130. The van der Waals surface area contributed by atoms with Gasteiger partial charge in [-0.3, -0.25) is 0 Å². The monoisotopic (exact) mass is 895 g/mol. The molecule has 0 spiro atoms. The van der Waals surface area contributed by atoms with Crippen LogP contribution in [0.1, 0.15) is 315 Å². The quantitative estimate of drug-likeness (QED) is 0.227. The first kappa shape index (κ1) is 50.0. The minimum atomic E-state index is 1.16. The lowest BCUT2D eigenvalue weighted by atomic mass is 9.66. The molecule has 0 saturated heterocycles. The Balaban J connectivity index is 0.0000000941. The van der Waals surface area contributed by atoms with Gasteiger partial charge in [0.2, 0.25) is 0 Å². The summed E-state index contributed by atoms with van der Waals surface area (Å²) in [5.41, 5.74) is 0. The summed E-state index contributed by atoms with van der Waals surface area (Å²) in [4.78, 5) is 0. The predicted molar refractivity (Wildman–Crippen MR) is 282 cm³/mol. The third kappa shape index (κ3) is 15.7. The van der Waals surface area contributed by atoms with Crippen molar-refractivity contribution >= 4 is 0 Å². The smallest absolute Gasteiger partial charge is 0.0383 e. The Morgan fingerprint density at radius 2 is 0.200 bits per heavy atom. The number of rotatable bonds is 0. The zero-order valence-electron chi connectivity index (χ0n) is 43.9. The Hall–Kier alpha value is 0. The normalized spacial score (nSPS) is 44.7. The van der Waals surface area contributed by atoms with Crippen molar-refractivity contribution in [3.8, 4) is 0 Å². The van der Waals surface area contributed by atoms with E-state index in [4.69, 9.17) is 0 Å². The molecule has 0 amide bonds. The topological polar surface area (TPSA) is 0 Å². The van der Waals surface area contributed by atoms with Gasteiger partial charge < -0.3 is 0 Å². The first-order chi connectivity index (χ1) is 32.2. The standard InChI is InChI=1S/2C10H18.C9H16.2C8H14.2C7H12.C6H10/c2*1-2-6-10-8-4-3-7-9(10)5-1;1-2-5-9-7-3-6-8(9)4-1;1-3-7-5-2-6-8(7)4-1;1-2-4-8-6-5-7(8)3-1;1-2-6-4-5-7(6)3-1;1-2-4-7-5-6(7)3-1;1-2-5-4-6(5)3-1/h2*9-10H,1-8H2;8-9H,1-7H2;2*7-8H,1-6H2;2*6-7H,1-5H2;5-6H,1-4H2/t;;8-,9+;;7-,8+;2*6-,7+;5-,6+. The van der Waals surface area contributed by atoms with Crippen LogP contribution < -0.4 is 0 Å². The van der Waals surface area contributed by atoms with E-state index in [1.165, 1.54) is 193 Å². The van der Waals surface area contributed by atoms with Gasteiger partial charge in [-0.2, -0.15) is 0 Å². The highest BCUT2D eigenvalue weighted by Crippen LogP contribution is 2.52. The molecule has 0 heterocycles. The molecule has 0 aromatic rings. The highest BCUT2D eigenvalue weighted by atomic mass is 14.5. The van der Waals surface area contributed by atoms with Crippen LogP contribution >= 0.6 is 0 Å². The van der Waals surface area contributed by atoms with E-state index in [9.17, 15) is 0 Å². The molecule has 16 saturated carbocycles. The lowest BCUT2D eigenvalue weighted by Crippen LogP contribution is -2.28. The fourth-order valence-corrected chi connectivity index (χ4v) is 18.7. The van der Waals surface area contributed by atoms with Crippen LogP contribution in [0.2, 0.25) is 0 Å². The van der Waals surface area contributed by atoms with Crippen LogP contribution in [-0.2, 0) is 0 Å². The highest BCUT2D eigenvalue weighted by molar-refractivity contribution is 4.92. The second-order valence-corrected chi connectivity index (χ2v) is 27.4. The highest BCUT2D eigenvalue weighted by Gasteiger charge is 2.41. The first-order valence-corrected chi connectivity index (χ1v) is 32.2. The average molecular weight is 896 g/mol. The van der Waals surface area contributed by atoms with Crippen molar-refractivity contribution in [1.29, 1.82) is 0 Å². The van der Waals surface area contributed by atoms with E-state index in [0.717, 1.165) is 23.7 Å². The van der Waals surface area contributed by atoms with E-state index in [1.54, 1.807) is 193 Å². The van der Waals surface area contributed by atoms with Crippen molar-refractivity contribution in [1.82, 2.24) is 0 Å². The van der Waals surface area contributed by atoms with Crippen molar-refractivity contribution in [3.05, 3.63) is 0 Å². The van der Waals surface area contributed by atoms with E-state index in [1.807, 2.05) is 0 Å². The molecule has 16 rings (SSSR count). The molecule has 0 bridgehead atoms. The van der Waals surface area contributed by atoms with Crippen molar-refractivity contribution in [2.24, 2.45) is 94.7 Å². The molecule has 0 radical (unpaired) electrons. The summed E-state index contributed by atoms with van der Waals surface area (Å²) in [6, 6.07) is 0. The number of hydrogen-bond donors (Lipinski definition) is 0. The summed E-state index contributed by atoms with van der Waals surface area (Å²) in [6.45, 7) is 0. The van der Waals surface area contributed by atoms with E-state index in [2.05, 4.69) is 0 Å². The summed E-state index contributed by atoms with van der Waals surface area (Å²) < 4.78 is 0. The maximum atomic E-state index is 1.58. The van der Waals surface area contributed by atoms with Gasteiger partial charge in [-0.05, 0) is 133 Å². The summed E-state index contributed by atoms with van der Waals surface area (Å²) in [6.07, 6.45) is 75.9. The average Bonchev–Trinajstić information content (AvgIpc) is 3.76. The summed E-state index contributed by atoms with van der Waals surface area (Å²) in [7, 11) is 0. The Labute approximate surface area is 407 Å². The lowest BCUT2D eigenvalue weighted by molar-refractivity contribution is 0.115. The molecule has 0 aromatic carbocycles. The second kappa shape index (κ2) is 27.0. The van der Waals surface area contributed by atoms with Crippen LogP contribution in [-0.4, -0.2) is 0 Å². The van der Waals surface area contributed by atoms with Crippen LogP contribution in [0.15, 0.2) is 0 Å². The fourth-order valence-electron chi connectivity index (χ4n) is 18.7. The fraction of sp³-hybridized carbons (Fsp3) is 1.00. The molecule has 0 N–H and O–H groups in total. The largest absolute Gasteiger partial charge is 0.0530 e. The van der Waals surface area contributed by atoms with Crippen LogP contribution in [0.3, 0.4) is 0 Å². The summed E-state index contributed by atoms with van der Waals surface area (Å²) in [5.74, 6) is 18.9. The minimum Gasteiger partial charge on any atom is -0.0530 e. The molecule has 16 aliphatic carbocycles. The Morgan fingerprint density at radius 3 is 0.338 bits per heavy atom. The van der Waals surface area contributed by atoms with E-state index in [0.29, 0.717) is 0 Å². The van der Waals surface area contributed by atoms with E-state index < -0.39 is 0 Å². The summed E-state index contributed by atoms with van der Waals surface area (Å²) in [5, 5.41) is 0. The van der Waals surface area contributed by atoms with Gasteiger partial charge in [0, 0.05) is 0 Å². The maximum absolute atomic E-state index is 1.58. The van der Waals surface area contributed by atoms with Gasteiger partial charge in [0.05, 0.1) is 0 Å². The van der Waals surface area contributed by atoms with Gasteiger partial charge in [0.1, 0.15) is 0 Å². The molecule has 10 atom stereocenters. The summed E-state index contributed by atoms with van der Waals surface area (Å²) >= 11 is 0. The maximum Gasteiger partial charge on any atom is -0.0383 e. The van der Waals surface area contributed by atoms with Gasteiger partial charge in [-0.1, -0.05) is 276 Å². The third-order valence-corrected chi connectivity index (χ3v) is 23.5. The molecule has 16 fully saturated rings. The second-order valence-electron chi connectivity index (χ2n) is 27.4. The molecule has 0 heteroatoms. The van der Waals surface area contributed by atoms with Gasteiger partial charge in [-0.25, -0.2) is 0 Å².